The number of halogens is 2. The molecule has 0 saturated carbocycles. The molecule has 0 aliphatic carbocycles. The number of amides is 2. The number of carbonyl (C=O) groups is 2. The van der Waals surface area contributed by atoms with Gasteiger partial charge in [0.1, 0.15) is 0 Å². The van der Waals surface area contributed by atoms with Gasteiger partial charge >= 0.3 is 0 Å². The van der Waals surface area contributed by atoms with Crippen molar-refractivity contribution in [1.82, 2.24) is 5.32 Å². The smallest absolute Gasteiger partial charge is 0.256 e. The molecule has 0 unspecified atom stereocenters. The van der Waals surface area contributed by atoms with E-state index < -0.39 is 0 Å². The first-order valence-corrected chi connectivity index (χ1v) is 7.68. The van der Waals surface area contributed by atoms with Gasteiger partial charge in [0.25, 0.3) is 11.8 Å². The molecule has 0 aromatic heterocycles. The van der Waals surface area contributed by atoms with Crippen LogP contribution in [0.15, 0.2) is 51.4 Å². The molecule has 0 heterocycles. The molecule has 2 N–H and O–H groups in total. The van der Waals surface area contributed by atoms with Crippen LogP contribution >= 0.6 is 31.9 Å². The maximum atomic E-state index is 12.2. The van der Waals surface area contributed by atoms with E-state index >= 15 is 0 Å². The summed E-state index contributed by atoms with van der Waals surface area (Å²) < 4.78 is 1.59. The van der Waals surface area contributed by atoms with Crippen LogP contribution in [-0.2, 0) is 0 Å². The second-order valence-corrected chi connectivity index (χ2v) is 6.00. The Labute approximate surface area is 139 Å². The molecule has 4 nitrogen and oxygen atoms in total. The zero-order chi connectivity index (χ0) is 15.4. The minimum Gasteiger partial charge on any atom is -0.355 e. The Bertz CT molecular complexity index is 685. The van der Waals surface area contributed by atoms with Crippen LogP contribution in [-0.4, -0.2) is 18.9 Å². The topological polar surface area (TPSA) is 58.2 Å². The Morgan fingerprint density at radius 3 is 2.19 bits per heavy atom. The van der Waals surface area contributed by atoms with E-state index in [1.54, 1.807) is 43.4 Å². The van der Waals surface area contributed by atoms with Crippen molar-refractivity contribution in [1.29, 1.82) is 0 Å². The van der Waals surface area contributed by atoms with E-state index in [1.165, 1.54) is 0 Å². The lowest BCUT2D eigenvalue weighted by molar-refractivity contribution is 0.0962. The molecule has 2 rings (SSSR count). The van der Waals surface area contributed by atoms with E-state index in [0.717, 1.165) is 4.47 Å². The fourth-order valence-electron chi connectivity index (χ4n) is 1.72. The van der Waals surface area contributed by atoms with Gasteiger partial charge in [-0.3, -0.25) is 9.59 Å². The monoisotopic (exact) mass is 410 g/mol. The summed E-state index contributed by atoms with van der Waals surface area (Å²) in [6, 6.07) is 12.0. The van der Waals surface area contributed by atoms with Crippen LogP contribution < -0.4 is 10.6 Å². The molecule has 108 valence electrons. The van der Waals surface area contributed by atoms with Gasteiger partial charge in [0.05, 0.1) is 5.56 Å². The maximum absolute atomic E-state index is 12.2. The van der Waals surface area contributed by atoms with E-state index in [9.17, 15) is 9.59 Å². The van der Waals surface area contributed by atoms with Crippen molar-refractivity contribution in [3.8, 4) is 0 Å². The summed E-state index contributed by atoms with van der Waals surface area (Å²) >= 11 is 6.70. The number of benzene rings is 2. The summed E-state index contributed by atoms with van der Waals surface area (Å²) in [7, 11) is 1.57. The van der Waals surface area contributed by atoms with Crippen LogP contribution in [0.25, 0.3) is 0 Å². The van der Waals surface area contributed by atoms with Gasteiger partial charge in [-0.1, -0.05) is 15.9 Å². The number of anilines is 1. The number of carbonyl (C=O) groups excluding carboxylic acids is 2. The molecule has 2 aromatic carbocycles. The van der Waals surface area contributed by atoms with Crippen LogP contribution in [0.5, 0.6) is 0 Å². The molecule has 0 fully saturated rings. The van der Waals surface area contributed by atoms with Crippen molar-refractivity contribution in [2.45, 2.75) is 0 Å². The fraction of sp³-hybridized carbons (Fsp3) is 0.0667. The van der Waals surface area contributed by atoms with Crippen LogP contribution in [0.3, 0.4) is 0 Å². The molecule has 6 heteroatoms. The van der Waals surface area contributed by atoms with Gasteiger partial charge in [-0.05, 0) is 58.4 Å². The number of rotatable bonds is 3. The second kappa shape index (κ2) is 6.87. The average Bonchev–Trinajstić information content (AvgIpc) is 2.47. The maximum Gasteiger partial charge on any atom is 0.256 e. The molecule has 21 heavy (non-hydrogen) atoms. The number of nitrogens with one attached hydrogen (secondary N) is 2. The van der Waals surface area contributed by atoms with Crippen LogP contribution in [0.2, 0.25) is 0 Å². The summed E-state index contributed by atoms with van der Waals surface area (Å²) in [5.74, 6) is -0.384. The van der Waals surface area contributed by atoms with Gasteiger partial charge in [0.2, 0.25) is 0 Å². The molecule has 0 bridgehead atoms. The van der Waals surface area contributed by atoms with Crippen molar-refractivity contribution in [3.05, 3.63) is 62.5 Å². The fourth-order valence-corrected chi connectivity index (χ4v) is 2.95. The van der Waals surface area contributed by atoms with Crippen molar-refractivity contribution in [2.75, 3.05) is 12.4 Å². The molecular formula is C15H12Br2N2O2. The van der Waals surface area contributed by atoms with Crippen molar-refractivity contribution < 1.29 is 9.59 Å². The first kappa shape index (κ1) is 15.7. The van der Waals surface area contributed by atoms with Crippen molar-refractivity contribution in [2.24, 2.45) is 0 Å². The molecule has 0 aliphatic heterocycles. The van der Waals surface area contributed by atoms with Gasteiger partial charge in [-0.15, -0.1) is 0 Å². The minimum absolute atomic E-state index is 0.163. The lowest BCUT2D eigenvalue weighted by atomic mass is 10.1. The molecule has 2 aromatic rings. The summed E-state index contributed by atoms with van der Waals surface area (Å²) in [5, 5.41) is 5.33. The molecule has 0 radical (unpaired) electrons. The quantitative estimate of drug-likeness (QED) is 0.806. The van der Waals surface area contributed by atoms with Crippen LogP contribution in [0.4, 0.5) is 5.69 Å². The van der Waals surface area contributed by atoms with Crippen molar-refractivity contribution >= 4 is 49.4 Å². The Balaban J connectivity index is 2.14. The predicted molar refractivity (Wildman–Crippen MR) is 89.6 cm³/mol. The number of hydrogen-bond acceptors (Lipinski definition) is 2. The standard InChI is InChI=1S/C15H12Br2N2O2/c1-18-14(20)9-2-5-11(6-3-9)19-15(21)12-7-4-10(16)8-13(12)17/h2-8H,1H3,(H,18,20)(H,19,21). The largest absolute Gasteiger partial charge is 0.355 e. The summed E-state index contributed by atoms with van der Waals surface area (Å²) in [4.78, 5) is 23.6. The Kier molecular flexibility index (Phi) is 5.14. The molecular weight excluding hydrogens is 400 g/mol. The number of hydrogen-bond donors (Lipinski definition) is 2. The molecule has 0 spiro atoms. The predicted octanol–water partition coefficient (Wildman–Crippen LogP) is 3.82. The third kappa shape index (κ3) is 3.92. The van der Waals surface area contributed by atoms with E-state index in [-0.39, 0.29) is 11.8 Å². The van der Waals surface area contributed by atoms with E-state index in [2.05, 4.69) is 42.5 Å². The highest BCUT2D eigenvalue weighted by atomic mass is 79.9. The van der Waals surface area contributed by atoms with Gasteiger partial charge in [-0.2, -0.15) is 0 Å². The molecule has 0 saturated heterocycles. The normalized spacial score (nSPS) is 10.0. The molecule has 0 atom stereocenters. The highest BCUT2D eigenvalue weighted by Gasteiger charge is 2.11. The van der Waals surface area contributed by atoms with E-state index in [0.29, 0.717) is 21.3 Å². The third-order valence-corrected chi connectivity index (χ3v) is 3.96. The van der Waals surface area contributed by atoms with Gasteiger partial charge in [-0.25, -0.2) is 0 Å². The Morgan fingerprint density at radius 1 is 0.952 bits per heavy atom. The Hall–Kier alpha value is -1.66. The molecule has 0 aliphatic rings. The van der Waals surface area contributed by atoms with Gasteiger partial charge < -0.3 is 10.6 Å². The average molecular weight is 412 g/mol. The van der Waals surface area contributed by atoms with Crippen LogP contribution in [0, 0.1) is 0 Å². The highest BCUT2D eigenvalue weighted by Crippen LogP contribution is 2.23. The van der Waals surface area contributed by atoms with Crippen LogP contribution in [0.1, 0.15) is 20.7 Å². The van der Waals surface area contributed by atoms with Gasteiger partial charge in [0, 0.05) is 27.2 Å². The molecule has 2 amide bonds. The first-order chi connectivity index (χ1) is 10.0. The zero-order valence-electron chi connectivity index (χ0n) is 11.1. The summed E-state index contributed by atoms with van der Waals surface area (Å²) in [6.07, 6.45) is 0. The lowest BCUT2D eigenvalue weighted by Gasteiger charge is -2.08. The van der Waals surface area contributed by atoms with E-state index in [4.69, 9.17) is 0 Å². The van der Waals surface area contributed by atoms with Crippen molar-refractivity contribution in [3.63, 3.8) is 0 Å². The Morgan fingerprint density at radius 2 is 1.62 bits per heavy atom. The second-order valence-electron chi connectivity index (χ2n) is 4.23. The summed E-state index contributed by atoms with van der Waals surface area (Å²) in [6.45, 7) is 0. The summed E-state index contributed by atoms with van der Waals surface area (Å²) in [5.41, 5.74) is 1.70. The SMILES string of the molecule is CNC(=O)c1ccc(NC(=O)c2ccc(Br)cc2Br)cc1. The van der Waals surface area contributed by atoms with E-state index in [1.807, 2.05) is 6.07 Å². The first-order valence-electron chi connectivity index (χ1n) is 6.10. The highest BCUT2D eigenvalue weighted by molar-refractivity contribution is 9.11. The lowest BCUT2D eigenvalue weighted by Crippen LogP contribution is -2.18. The zero-order valence-corrected chi connectivity index (χ0v) is 14.3. The van der Waals surface area contributed by atoms with Gasteiger partial charge in [0.15, 0.2) is 0 Å². The minimum atomic E-state index is -0.220. The third-order valence-electron chi connectivity index (χ3n) is 2.81.